The number of hydrogen-bond acceptors (Lipinski definition) is 10. The van der Waals surface area contributed by atoms with Gasteiger partial charge < -0.3 is 45.1 Å². The summed E-state index contributed by atoms with van der Waals surface area (Å²) in [6.45, 7) is 5.81. The highest BCUT2D eigenvalue weighted by atomic mass is 16.7. The molecule has 8 atom stereocenters. The molecule has 1 heterocycles. The average molecular weight is 1080 g/mol. The van der Waals surface area contributed by atoms with Crippen molar-refractivity contribution >= 4 is 11.9 Å². The highest BCUT2D eigenvalue weighted by Crippen LogP contribution is 2.26. The van der Waals surface area contributed by atoms with E-state index in [4.69, 9.17) is 14.2 Å². The number of carbonyl (C=O) groups excluding carboxylic acids is 2. The van der Waals surface area contributed by atoms with Gasteiger partial charge in [0.05, 0.1) is 25.4 Å². The summed E-state index contributed by atoms with van der Waals surface area (Å²) in [7, 11) is 0. The minimum atomic E-state index is -1.61. The molecule has 0 aromatic carbocycles. The Hall–Kier alpha value is -1.86. The molecule has 11 nitrogen and oxygen atoms in total. The highest BCUT2D eigenvalue weighted by molar-refractivity contribution is 5.80. The summed E-state index contributed by atoms with van der Waals surface area (Å²) in [5.41, 5.74) is 0. The first-order valence-corrected chi connectivity index (χ1v) is 32.6. The lowest BCUT2D eigenvalue weighted by molar-refractivity contribution is -0.305. The van der Waals surface area contributed by atoms with Crippen LogP contribution in [0.1, 0.15) is 316 Å². The molecule has 6 N–H and O–H groups in total. The predicted octanol–water partition coefficient (Wildman–Crippen LogP) is 15.7. The minimum absolute atomic E-state index is 0.128. The molecule has 1 aliphatic heterocycles. The third-order valence-corrected chi connectivity index (χ3v) is 15.6. The minimum Gasteiger partial charge on any atom is -0.454 e. The molecule has 0 aromatic heterocycles. The van der Waals surface area contributed by atoms with Gasteiger partial charge >= 0.3 is 5.97 Å². The molecular weight excluding hydrogens is 955 g/mol. The van der Waals surface area contributed by atoms with Crippen LogP contribution < -0.4 is 5.32 Å². The standard InChI is InChI=1S/C65H123NO10/c1-4-7-10-13-16-19-22-24-25-26-27-28-29-30-31-32-33-35-38-41-44-47-50-53-60(70)76-63-62(72)61(71)59(54-67)75-65(63)74-55-56(57(68)51-48-45-42-39-36-21-18-15-12-9-6-3)66-64(73)58(69)52-49-46-43-40-37-34-23-20-17-14-11-8-5-2/h24-25,48,51,56-59,61-63,65,67-69,71-72H,4-23,26-47,49-50,52-55H2,1-3H3,(H,66,73)/b25-24+,51-48+. The molecule has 1 rings (SSSR count). The van der Waals surface area contributed by atoms with Crippen molar-refractivity contribution in [3.8, 4) is 0 Å². The van der Waals surface area contributed by atoms with Crippen LogP contribution in [-0.2, 0) is 23.8 Å². The summed E-state index contributed by atoms with van der Waals surface area (Å²) < 4.78 is 17.6. The summed E-state index contributed by atoms with van der Waals surface area (Å²) in [6.07, 6.45) is 52.3. The Morgan fingerprint density at radius 1 is 0.500 bits per heavy atom. The summed E-state index contributed by atoms with van der Waals surface area (Å²) in [5.74, 6) is -1.18. The number of unbranched alkanes of at least 4 members (excludes halogenated alkanes) is 40. The molecule has 1 aliphatic rings. The highest BCUT2D eigenvalue weighted by Gasteiger charge is 2.47. The normalized spacial score (nSPS) is 19.2. The zero-order chi connectivity index (χ0) is 55.4. The van der Waals surface area contributed by atoms with E-state index >= 15 is 0 Å². The van der Waals surface area contributed by atoms with Gasteiger partial charge in [-0.25, -0.2) is 0 Å². The zero-order valence-corrected chi connectivity index (χ0v) is 49.6. The number of amides is 1. The fraction of sp³-hybridized carbons (Fsp3) is 0.908. The first kappa shape index (κ1) is 72.2. The second-order valence-electron chi connectivity index (χ2n) is 22.9. The molecule has 11 heteroatoms. The van der Waals surface area contributed by atoms with E-state index in [1.807, 2.05) is 6.08 Å². The van der Waals surface area contributed by atoms with E-state index in [2.05, 4.69) is 38.2 Å². The van der Waals surface area contributed by atoms with Crippen molar-refractivity contribution < 1.29 is 49.3 Å². The van der Waals surface area contributed by atoms with Gasteiger partial charge in [0.25, 0.3) is 0 Å². The third-order valence-electron chi connectivity index (χ3n) is 15.6. The molecule has 448 valence electrons. The van der Waals surface area contributed by atoms with Crippen LogP contribution in [0.2, 0.25) is 0 Å². The Kier molecular flexibility index (Phi) is 51.0. The van der Waals surface area contributed by atoms with Crippen molar-refractivity contribution in [2.45, 2.75) is 365 Å². The lowest BCUT2D eigenvalue weighted by Gasteiger charge is -2.41. The maximum absolute atomic E-state index is 13.4. The molecule has 76 heavy (non-hydrogen) atoms. The molecule has 0 bridgehead atoms. The maximum Gasteiger partial charge on any atom is 0.306 e. The Labute approximate surface area is 467 Å². The van der Waals surface area contributed by atoms with Crippen LogP contribution in [0.25, 0.3) is 0 Å². The van der Waals surface area contributed by atoms with Gasteiger partial charge in [-0.3, -0.25) is 9.59 Å². The lowest BCUT2D eigenvalue weighted by atomic mass is 9.99. The van der Waals surface area contributed by atoms with Gasteiger partial charge in [-0.05, 0) is 51.4 Å². The molecule has 1 saturated heterocycles. The molecule has 1 fully saturated rings. The van der Waals surface area contributed by atoms with Crippen LogP contribution in [-0.4, -0.2) is 99.6 Å². The first-order chi connectivity index (χ1) is 37.2. The Morgan fingerprint density at radius 3 is 1.28 bits per heavy atom. The number of hydrogen-bond donors (Lipinski definition) is 6. The van der Waals surface area contributed by atoms with Crippen LogP contribution >= 0.6 is 0 Å². The van der Waals surface area contributed by atoms with Crippen molar-refractivity contribution in [2.75, 3.05) is 13.2 Å². The Bertz CT molecular complexity index is 1330. The fourth-order valence-corrected chi connectivity index (χ4v) is 10.4. The van der Waals surface area contributed by atoms with Gasteiger partial charge in [-0.1, -0.05) is 283 Å². The van der Waals surface area contributed by atoms with Crippen molar-refractivity contribution in [3.63, 3.8) is 0 Å². The molecule has 0 aromatic rings. The number of carbonyl (C=O) groups is 2. The van der Waals surface area contributed by atoms with Gasteiger partial charge in [-0.2, -0.15) is 0 Å². The first-order valence-electron chi connectivity index (χ1n) is 32.6. The number of aliphatic hydroxyl groups is 5. The van der Waals surface area contributed by atoms with Crippen molar-refractivity contribution in [3.05, 3.63) is 24.3 Å². The van der Waals surface area contributed by atoms with E-state index in [-0.39, 0.29) is 13.0 Å². The quantitative estimate of drug-likeness (QED) is 0.0195. The van der Waals surface area contributed by atoms with E-state index in [1.54, 1.807) is 6.08 Å². The van der Waals surface area contributed by atoms with Gasteiger partial charge in [0.15, 0.2) is 12.4 Å². The number of allylic oxidation sites excluding steroid dienone is 3. The number of ether oxygens (including phenoxy) is 3. The summed E-state index contributed by atoms with van der Waals surface area (Å²) in [6, 6.07) is -1.02. The Morgan fingerprint density at radius 2 is 0.868 bits per heavy atom. The fourth-order valence-electron chi connectivity index (χ4n) is 10.4. The van der Waals surface area contributed by atoms with Crippen LogP contribution in [0, 0.1) is 0 Å². The average Bonchev–Trinajstić information content (AvgIpc) is 3.42. The number of rotatable bonds is 56. The lowest BCUT2D eigenvalue weighted by Crippen LogP contribution is -2.61. The van der Waals surface area contributed by atoms with Crippen molar-refractivity contribution in [1.29, 1.82) is 0 Å². The maximum atomic E-state index is 13.4. The third kappa shape index (κ3) is 41.2. The molecule has 0 saturated carbocycles. The summed E-state index contributed by atoms with van der Waals surface area (Å²) in [5, 5.41) is 57.0. The molecule has 8 unspecified atom stereocenters. The molecular formula is C65H123NO10. The van der Waals surface area contributed by atoms with Crippen molar-refractivity contribution in [1.82, 2.24) is 5.32 Å². The van der Waals surface area contributed by atoms with Gasteiger partial charge in [0.1, 0.15) is 24.4 Å². The molecule has 0 radical (unpaired) electrons. The van der Waals surface area contributed by atoms with Crippen LogP contribution in [0.3, 0.4) is 0 Å². The van der Waals surface area contributed by atoms with Crippen LogP contribution in [0.15, 0.2) is 24.3 Å². The van der Waals surface area contributed by atoms with E-state index in [0.29, 0.717) is 19.3 Å². The van der Waals surface area contributed by atoms with E-state index in [9.17, 15) is 35.1 Å². The largest absolute Gasteiger partial charge is 0.454 e. The van der Waals surface area contributed by atoms with Crippen LogP contribution in [0.4, 0.5) is 0 Å². The second kappa shape index (κ2) is 53.8. The smallest absolute Gasteiger partial charge is 0.306 e. The molecule has 1 amide bonds. The zero-order valence-electron chi connectivity index (χ0n) is 49.6. The van der Waals surface area contributed by atoms with E-state index in [1.165, 1.54) is 212 Å². The number of nitrogens with one attached hydrogen (secondary N) is 1. The van der Waals surface area contributed by atoms with E-state index in [0.717, 1.165) is 57.8 Å². The van der Waals surface area contributed by atoms with E-state index < -0.39 is 67.4 Å². The van der Waals surface area contributed by atoms with Gasteiger partial charge in [-0.15, -0.1) is 0 Å². The summed E-state index contributed by atoms with van der Waals surface area (Å²) in [4.78, 5) is 26.5. The Balaban J connectivity index is 2.58. The van der Waals surface area contributed by atoms with Gasteiger partial charge in [0, 0.05) is 6.42 Å². The monoisotopic (exact) mass is 1080 g/mol. The predicted molar refractivity (Wildman–Crippen MR) is 315 cm³/mol. The topological polar surface area (TPSA) is 175 Å². The van der Waals surface area contributed by atoms with Crippen LogP contribution in [0.5, 0.6) is 0 Å². The second-order valence-corrected chi connectivity index (χ2v) is 22.9. The SMILES string of the molecule is CCCCCCCC/C=C/CCCCCCCCCCCCCCCC(=O)OC1C(OCC(NC(=O)C(O)CCCCCCCCCCCCCCC)C(O)/C=C/CCCCCCCCCCC)OC(CO)C(O)C1O. The molecule has 0 aliphatic carbocycles. The van der Waals surface area contributed by atoms with Crippen molar-refractivity contribution in [2.24, 2.45) is 0 Å². The van der Waals surface area contributed by atoms with Gasteiger partial charge in [0.2, 0.25) is 5.91 Å². The number of aliphatic hydroxyl groups excluding tert-OH is 5. The summed E-state index contributed by atoms with van der Waals surface area (Å²) >= 11 is 0. The number of esters is 1. The molecule has 0 spiro atoms.